The lowest BCUT2D eigenvalue weighted by molar-refractivity contribution is 0.260. The Bertz CT molecular complexity index is 1050. The van der Waals surface area contributed by atoms with Gasteiger partial charge in [0.1, 0.15) is 5.04 Å². The summed E-state index contributed by atoms with van der Waals surface area (Å²) in [6, 6.07) is -0.787. The van der Waals surface area contributed by atoms with Crippen molar-refractivity contribution in [2.45, 2.75) is 44.9 Å². The van der Waals surface area contributed by atoms with Crippen LogP contribution in [-0.2, 0) is 22.8 Å². The van der Waals surface area contributed by atoms with E-state index < -0.39 is 15.9 Å². The van der Waals surface area contributed by atoms with Gasteiger partial charge in [0.05, 0.1) is 5.69 Å². The van der Waals surface area contributed by atoms with Crippen LogP contribution in [-0.4, -0.2) is 51.8 Å². The zero-order valence-corrected chi connectivity index (χ0v) is 18.3. The minimum atomic E-state index is -3.64. The summed E-state index contributed by atoms with van der Waals surface area (Å²) >= 11 is 0. The summed E-state index contributed by atoms with van der Waals surface area (Å²) in [4.78, 5) is 19.5. The number of hydrogen-bond acceptors (Lipinski definition) is 6. The van der Waals surface area contributed by atoms with Crippen molar-refractivity contribution in [3.05, 3.63) is 34.3 Å². The van der Waals surface area contributed by atoms with E-state index >= 15 is 0 Å². The van der Waals surface area contributed by atoms with Crippen molar-refractivity contribution in [1.82, 2.24) is 15.2 Å². The van der Waals surface area contributed by atoms with Crippen LogP contribution < -0.4 is 15.8 Å². The van der Waals surface area contributed by atoms with E-state index in [-0.39, 0.29) is 5.04 Å². The second kappa shape index (κ2) is 8.09. The molecule has 4 rings (SSSR count). The Labute approximate surface area is 177 Å². The molecule has 9 nitrogen and oxygen atoms in total. The van der Waals surface area contributed by atoms with Gasteiger partial charge in [-0.15, -0.1) is 4.36 Å². The van der Waals surface area contributed by atoms with Gasteiger partial charge in [0.15, 0.2) is 9.92 Å². The molecule has 1 saturated heterocycles. The average Bonchev–Trinajstić information content (AvgIpc) is 3.40. The highest BCUT2D eigenvalue weighted by molar-refractivity contribution is 8.06. The molecule has 0 spiro atoms. The number of carbonyl (C=O) groups excluding carboxylic acids is 1. The summed E-state index contributed by atoms with van der Waals surface area (Å²) in [5.74, 6) is 0.461. The number of hydrogen-bond donors (Lipinski definition) is 4. The second-order valence-electron chi connectivity index (χ2n) is 8.34. The summed E-state index contributed by atoms with van der Waals surface area (Å²) in [6.07, 6.45) is 6.41. The molecule has 2 heterocycles. The Morgan fingerprint density at radius 1 is 1.43 bits per heavy atom. The van der Waals surface area contributed by atoms with E-state index in [0.29, 0.717) is 12.5 Å². The van der Waals surface area contributed by atoms with Gasteiger partial charge in [0.25, 0.3) is 0 Å². The van der Waals surface area contributed by atoms with Gasteiger partial charge in [-0.3, -0.25) is 15.3 Å². The van der Waals surface area contributed by atoms with Crippen molar-refractivity contribution in [2.24, 2.45) is 9.50 Å². The monoisotopic (exact) mass is 431 g/mol. The SMILES string of the molecule is Cc1c(C2CC2)nc2c(c1NC(=O)N=S(N)(=O)C(=N)/C=C1/CN(C)CCN1)CCC2. The molecule has 0 bridgehead atoms. The van der Waals surface area contributed by atoms with E-state index in [9.17, 15) is 9.00 Å². The van der Waals surface area contributed by atoms with Crippen LogP contribution in [0.3, 0.4) is 0 Å². The molecule has 1 aliphatic heterocycles. The highest BCUT2D eigenvalue weighted by atomic mass is 32.2. The van der Waals surface area contributed by atoms with Gasteiger partial charge < -0.3 is 10.6 Å². The minimum absolute atomic E-state index is 0.370. The number of aromatic nitrogens is 1. The maximum Gasteiger partial charge on any atom is 0.354 e. The number of fused-ring (bicyclic) bond motifs is 1. The third-order valence-corrected chi connectivity index (χ3v) is 7.01. The molecule has 5 N–H and O–H groups in total. The Hall–Kier alpha value is -2.30. The normalized spacial score (nSPS) is 22.2. The molecule has 1 saturated carbocycles. The van der Waals surface area contributed by atoms with Gasteiger partial charge in [-0.25, -0.2) is 14.1 Å². The number of likely N-dealkylation sites (N-methyl/N-ethyl adjacent to an activating group) is 1. The third-order valence-electron chi connectivity index (χ3n) is 5.83. The maximum absolute atomic E-state index is 12.8. The first kappa shape index (κ1) is 21.0. The molecule has 2 aliphatic carbocycles. The predicted molar refractivity (Wildman–Crippen MR) is 118 cm³/mol. The topological polar surface area (TPSA) is 137 Å². The lowest BCUT2D eigenvalue weighted by atomic mass is 10.0. The zero-order chi connectivity index (χ0) is 21.5. The summed E-state index contributed by atoms with van der Waals surface area (Å²) < 4.78 is 16.4. The van der Waals surface area contributed by atoms with Crippen molar-refractivity contribution in [3.8, 4) is 0 Å². The summed E-state index contributed by atoms with van der Waals surface area (Å²) in [7, 11) is -1.68. The molecule has 30 heavy (non-hydrogen) atoms. The fraction of sp³-hybridized carbons (Fsp3) is 0.550. The Balaban J connectivity index is 1.57. The smallest absolute Gasteiger partial charge is 0.354 e. The average molecular weight is 432 g/mol. The molecule has 1 unspecified atom stereocenters. The number of nitrogens with zero attached hydrogens (tertiary/aromatic N) is 3. The number of pyridine rings is 1. The van der Waals surface area contributed by atoms with E-state index in [1.54, 1.807) is 0 Å². The first-order valence-corrected chi connectivity index (χ1v) is 11.9. The molecule has 3 aliphatic rings. The van der Waals surface area contributed by atoms with Gasteiger partial charge >= 0.3 is 6.03 Å². The van der Waals surface area contributed by atoms with Gasteiger partial charge in [-0.2, -0.15) is 0 Å². The van der Waals surface area contributed by atoms with Gasteiger partial charge in [0, 0.05) is 42.6 Å². The van der Waals surface area contributed by atoms with Gasteiger partial charge in [0.2, 0.25) is 0 Å². The second-order valence-corrected chi connectivity index (χ2v) is 10.1. The first-order chi connectivity index (χ1) is 14.2. The molecule has 162 valence electrons. The number of aryl methyl sites for hydroxylation is 1. The van der Waals surface area contributed by atoms with Crippen LogP contribution in [0.15, 0.2) is 16.1 Å². The van der Waals surface area contributed by atoms with E-state index in [0.717, 1.165) is 79.1 Å². The number of nitrogens with one attached hydrogen (secondary N) is 3. The summed E-state index contributed by atoms with van der Waals surface area (Å²) in [6.45, 7) is 4.17. The fourth-order valence-corrected chi connectivity index (χ4v) is 4.80. The van der Waals surface area contributed by atoms with Crippen LogP contribution in [0.25, 0.3) is 0 Å². The lowest BCUT2D eigenvalue weighted by Gasteiger charge is -2.26. The summed E-state index contributed by atoms with van der Waals surface area (Å²) in [5.41, 5.74) is 5.54. The zero-order valence-electron chi connectivity index (χ0n) is 17.5. The number of amides is 2. The fourth-order valence-electron chi connectivity index (χ4n) is 4.10. The van der Waals surface area contributed by atoms with Crippen LogP contribution in [0.1, 0.15) is 47.7 Å². The van der Waals surface area contributed by atoms with Crippen molar-refractivity contribution in [3.63, 3.8) is 0 Å². The number of anilines is 1. The highest BCUT2D eigenvalue weighted by Crippen LogP contribution is 2.44. The van der Waals surface area contributed by atoms with Gasteiger partial charge in [-0.1, -0.05) is 0 Å². The third kappa shape index (κ3) is 4.40. The molecule has 1 aromatic rings. The van der Waals surface area contributed by atoms with Crippen LogP contribution >= 0.6 is 0 Å². The van der Waals surface area contributed by atoms with E-state index in [2.05, 4.69) is 19.9 Å². The predicted octanol–water partition coefficient (Wildman–Crippen LogP) is 2.03. The summed E-state index contributed by atoms with van der Waals surface area (Å²) in [5, 5.41) is 19.5. The largest absolute Gasteiger partial charge is 0.386 e. The molecular weight excluding hydrogens is 402 g/mol. The molecule has 1 atom stereocenters. The number of nitrogens with two attached hydrogens (primary N) is 1. The van der Waals surface area contributed by atoms with Crippen molar-refractivity contribution in [2.75, 3.05) is 32.0 Å². The van der Waals surface area contributed by atoms with Crippen LogP contribution in [0.2, 0.25) is 0 Å². The number of piperazine rings is 1. The van der Waals surface area contributed by atoms with Crippen molar-refractivity contribution < 1.29 is 9.00 Å². The molecule has 10 heteroatoms. The van der Waals surface area contributed by atoms with E-state index in [1.165, 1.54) is 6.08 Å². The minimum Gasteiger partial charge on any atom is -0.386 e. The molecule has 2 fully saturated rings. The molecule has 1 aromatic heterocycles. The van der Waals surface area contributed by atoms with Crippen LogP contribution in [0.5, 0.6) is 0 Å². The first-order valence-electron chi connectivity index (χ1n) is 10.3. The van der Waals surface area contributed by atoms with Crippen molar-refractivity contribution >= 4 is 26.7 Å². The molecule has 0 radical (unpaired) electrons. The standard InChI is InChI=1S/C20H29N7O2S/c1-12-18(13-6-7-13)24-16-5-3-4-15(16)19(12)25-20(28)26-30(22,29)17(21)10-14-11-27(2)9-8-23-14/h10,13,21,23H,3-9,11H2,1-2H3,(H3,22,24,25,26,28,29)/b14-10-,21-17?. The highest BCUT2D eigenvalue weighted by Gasteiger charge is 2.31. The van der Waals surface area contributed by atoms with Crippen LogP contribution in [0, 0.1) is 12.3 Å². The molecule has 2 amide bonds. The number of carbonyl (C=O) groups is 1. The number of rotatable bonds is 3. The maximum atomic E-state index is 12.8. The molecular formula is C20H29N7O2S. The van der Waals surface area contributed by atoms with Crippen molar-refractivity contribution in [1.29, 1.82) is 5.41 Å². The van der Waals surface area contributed by atoms with Crippen LogP contribution in [0.4, 0.5) is 10.5 Å². The quantitative estimate of drug-likeness (QED) is 0.429. The lowest BCUT2D eigenvalue weighted by Crippen LogP contribution is -2.40. The van der Waals surface area contributed by atoms with E-state index in [1.807, 2.05) is 14.0 Å². The number of urea groups is 1. The Morgan fingerprint density at radius 2 is 2.20 bits per heavy atom. The Morgan fingerprint density at radius 3 is 2.90 bits per heavy atom. The Kier molecular flexibility index (Phi) is 5.65. The van der Waals surface area contributed by atoms with Gasteiger partial charge in [-0.05, 0) is 63.3 Å². The van der Waals surface area contributed by atoms with E-state index in [4.69, 9.17) is 15.5 Å². The molecule has 0 aromatic carbocycles.